The average Bonchev–Trinajstić information content (AvgIpc) is 3.09. The van der Waals surface area contributed by atoms with Crippen LogP contribution in [-0.2, 0) is 11.2 Å². The fourth-order valence-electron chi connectivity index (χ4n) is 5.94. The number of fused-ring (bicyclic) bond motifs is 1. The van der Waals surface area contributed by atoms with E-state index < -0.39 is 0 Å². The van der Waals surface area contributed by atoms with Crippen LogP contribution < -0.4 is 5.73 Å². The Morgan fingerprint density at radius 3 is 2.45 bits per heavy atom. The molecule has 0 bridgehead atoms. The third kappa shape index (κ3) is 3.64. The summed E-state index contributed by atoms with van der Waals surface area (Å²) in [5.41, 5.74) is 15.9. The Bertz CT molecular complexity index is 908. The summed E-state index contributed by atoms with van der Waals surface area (Å²) in [4.78, 5) is 0. The number of anilines is 1. The summed E-state index contributed by atoms with van der Waals surface area (Å²) >= 11 is 0. The second-order valence-electron chi connectivity index (χ2n) is 9.45. The molecule has 2 N–H and O–H groups in total. The molecule has 29 heavy (non-hydrogen) atoms. The molecule has 1 heterocycles. The van der Waals surface area contributed by atoms with Gasteiger partial charge in [-0.25, -0.2) is 0 Å². The first-order valence-electron chi connectivity index (χ1n) is 11.5. The van der Waals surface area contributed by atoms with Crippen LogP contribution in [0.25, 0.3) is 5.57 Å². The first-order valence-corrected chi connectivity index (χ1v) is 11.5. The van der Waals surface area contributed by atoms with Gasteiger partial charge in [-0.05, 0) is 105 Å². The summed E-state index contributed by atoms with van der Waals surface area (Å²) in [6.45, 7) is 3.14. The zero-order valence-electron chi connectivity index (χ0n) is 17.7. The number of allylic oxidation sites excluding steroid dienone is 1. The molecule has 2 nitrogen and oxygen atoms in total. The minimum Gasteiger partial charge on any atom is -0.399 e. The van der Waals surface area contributed by atoms with E-state index in [9.17, 15) is 0 Å². The number of ether oxygens (including phenoxy) is 1. The highest BCUT2D eigenvalue weighted by Gasteiger charge is 2.40. The van der Waals surface area contributed by atoms with E-state index in [1.807, 2.05) is 0 Å². The predicted molar refractivity (Wildman–Crippen MR) is 121 cm³/mol. The largest absolute Gasteiger partial charge is 0.399 e. The lowest BCUT2D eigenvalue weighted by Crippen LogP contribution is -2.33. The van der Waals surface area contributed by atoms with E-state index in [4.69, 9.17) is 10.5 Å². The molecular weight excluding hydrogens is 354 g/mol. The highest BCUT2D eigenvalue weighted by atomic mass is 16.5. The van der Waals surface area contributed by atoms with Crippen LogP contribution in [0.3, 0.4) is 0 Å². The Hall–Kier alpha value is -2.06. The Morgan fingerprint density at radius 2 is 1.72 bits per heavy atom. The van der Waals surface area contributed by atoms with Crippen LogP contribution in [-0.4, -0.2) is 12.2 Å². The van der Waals surface area contributed by atoms with Crippen molar-refractivity contribution in [3.8, 4) is 0 Å². The van der Waals surface area contributed by atoms with Gasteiger partial charge in [-0.3, -0.25) is 0 Å². The number of hydrogen-bond donors (Lipinski definition) is 1. The quantitative estimate of drug-likeness (QED) is 0.601. The molecule has 0 aromatic heterocycles. The van der Waals surface area contributed by atoms with E-state index in [0.717, 1.165) is 18.7 Å². The molecule has 2 heteroatoms. The van der Waals surface area contributed by atoms with Gasteiger partial charge in [0.2, 0.25) is 0 Å². The van der Waals surface area contributed by atoms with Crippen LogP contribution in [0.2, 0.25) is 0 Å². The minimum atomic E-state index is 0.207. The maximum atomic E-state index is 6.21. The maximum Gasteiger partial charge on any atom is 0.0683 e. The zero-order valence-corrected chi connectivity index (χ0v) is 17.7. The molecule has 0 radical (unpaired) electrons. The van der Waals surface area contributed by atoms with Crippen LogP contribution in [0.4, 0.5) is 5.69 Å². The van der Waals surface area contributed by atoms with Crippen LogP contribution in [0.1, 0.15) is 73.6 Å². The van der Waals surface area contributed by atoms with E-state index >= 15 is 0 Å². The molecule has 1 saturated carbocycles. The highest BCUT2D eigenvalue weighted by molar-refractivity contribution is 5.85. The van der Waals surface area contributed by atoms with Crippen molar-refractivity contribution in [2.24, 2.45) is 5.92 Å². The van der Waals surface area contributed by atoms with Gasteiger partial charge >= 0.3 is 0 Å². The van der Waals surface area contributed by atoms with Crippen molar-refractivity contribution in [3.63, 3.8) is 0 Å². The van der Waals surface area contributed by atoms with Gasteiger partial charge in [-0.2, -0.15) is 0 Å². The molecule has 2 aromatic rings. The molecule has 0 unspecified atom stereocenters. The number of nitrogen functional groups attached to an aromatic ring is 1. The molecule has 0 amide bonds. The minimum absolute atomic E-state index is 0.207. The lowest BCUT2D eigenvalue weighted by atomic mass is 9.72. The van der Waals surface area contributed by atoms with E-state index in [1.54, 1.807) is 5.57 Å². The molecule has 3 aliphatic rings. The van der Waals surface area contributed by atoms with Crippen molar-refractivity contribution in [3.05, 3.63) is 70.3 Å². The van der Waals surface area contributed by atoms with Crippen molar-refractivity contribution in [1.29, 1.82) is 0 Å². The van der Waals surface area contributed by atoms with Crippen molar-refractivity contribution >= 4 is 11.3 Å². The number of aryl methyl sites for hydroxylation is 2. The Morgan fingerprint density at radius 1 is 0.931 bits per heavy atom. The molecule has 2 aliphatic carbocycles. The van der Waals surface area contributed by atoms with E-state index in [1.165, 1.54) is 79.2 Å². The molecule has 1 aliphatic heterocycles. The number of benzene rings is 2. The summed E-state index contributed by atoms with van der Waals surface area (Å²) in [5, 5.41) is 0. The third-order valence-electron chi connectivity index (χ3n) is 7.53. The number of rotatable bonds is 2. The van der Waals surface area contributed by atoms with Gasteiger partial charge in [0.1, 0.15) is 0 Å². The van der Waals surface area contributed by atoms with Gasteiger partial charge in [-0.1, -0.05) is 41.5 Å². The second-order valence-corrected chi connectivity index (χ2v) is 9.45. The second kappa shape index (κ2) is 7.65. The molecule has 1 saturated heterocycles. The fourth-order valence-corrected chi connectivity index (χ4v) is 5.94. The molecular formula is C27H33NO. The summed E-state index contributed by atoms with van der Waals surface area (Å²) < 4.78 is 6.21. The van der Waals surface area contributed by atoms with E-state index in [2.05, 4.69) is 49.4 Å². The standard InChI is InChI=1S/C27H33NO/c1-19-6-8-21(9-7-19)26-24(5-2-4-22-18-23(28)10-11-25(22)26)20-12-15-27(16-13-20)14-3-17-29-27/h6-11,18,20H,2-5,12-17,28H2,1H3. The van der Waals surface area contributed by atoms with Gasteiger partial charge in [0.15, 0.2) is 0 Å². The fraction of sp³-hybridized carbons (Fsp3) is 0.481. The van der Waals surface area contributed by atoms with Crippen LogP contribution in [0.15, 0.2) is 48.0 Å². The summed E-state index contributed by atoms with van der Waals surface area (Å²) in [6, 6.07) is 15.7. The van der Waals surface area contributed by atoms with Gasteiger partial charge < -0.3 is 10.5 Å². The number of nitrogens with two attached hydrogens (primary N) is 1. The first kappa shape index (κ1) is 18.9. The summed E-state index contributed by atoms with van der Waals surface area (Å²) in [5.74, 6) is 0.685. The van der Waals surface area contributed by atoms with Crippen molar-refractivity contribution in [2.75, 3.05) is 12.3 Å². The predicted octanol–water partition coefficient (Wildman–Crippen LogP) is 6.45. The molecule has 152 valence electrons. The SMILES string of the molecule is Cc1ccc(C2=C(C3CCC4(CCCO4)CC3)CCCc3cc(N)ccc32)cc1. The summed E-state index contributed by atoms with van der Waals surface area (Å²) in [6.07, 6.45) is 11.1. The Labute approximate surface area is 175 Å². The lowest BCUT2D eigenvalue weighted by Gasteiger charge is -2.38. The van der Waals surface area contributed by atoms with Gasteiger partial charge in [-0.15, -0.1) is 0 Å². The van der Waals surface area contributed by atoms with Gasteiger partial charge in [0.25, 0.3) is 0 Å². The van der Waals surface area contributed by atoms with E-state index in [0.29, 0.717) is 5.92 Å². The van der Waals surface area contributed by atoms with E-state index in [-0.39, 0.29) is 5.60 Å². The summed E-state index contributed by atoms with van der Waals surface area (Å²) in [7, 11) is 0. The van der Waals surface area contributed by atoms with Gasteiger partial charge in [0.05, 0.1) is 5.60 Å². The lowest BCUT2D eigenvalue weighted by molar-refractivity contribution is -0.0316. The van der Waals surface area contributed by atoms with Crippen LogP contribution >= 0.6 is 0 Å². The van der Waals surface area contributed by atoms with Crippen LogP contribution in [0, 0.1) is 12.8 Å². The van der Waals surface area contributed by atoms with Crippen molar-refractivity contribution in [1.82, 2.24) is 0 Å². The van der Waals surface area contributed by atoms with Gasteiger partial charge in [0, 0.05) is 12.3 Å². The van der Waals surface area contributed by atoms with Crippen molar-refractivity contribution in [2.45, 2.75) is 70.3 Å². The Balaban J connectivity index is 1.57. The van der Waals surface area contributed by atoms with Crippen LogP contribution in [0.5, 0.6) is 0 Å². The number of hydrogen-bond acceptors (Lipinski definition) is 2. The molecule has 2 aromatic carbocycles. The molecule has 0 atom stereocenters. The Kier molecular flexibility index (Phi) is 4.99. The first-order chi connectivity index (χ1) is 14.1. The highest BCUT2D eigenvalue weighted by Crippen LogP contribution is 2.47. The maximum absolute atomic E-state index is 6.21. The topological polar surface area (TPSA) is 35.2 Å². The monoisotopic (exact) mass is 387 g/mol. The third-order valence-corrected chi connectivity index (χ3v) is 7.53. The van der Waals surface area contributed by atoms with Crippen molar-refractivity contribution < 1.29 is 4.74 Å². The molecule has 1 spiro atoms. The smallest absolute Gasteiger partial charge is 0.0683 e. The molecule has 5 rings (SSSR count). The normalized spacial score (nSPS) is 27.1. The zero-order chi connectivity index (χ0) is 19.8. The average molecular weight is 388 g/mol. The molecule has 2 fully saturated rings.